The fourth-order valence-corrected chi connectivity index (χ4v) is 2.19. The van der Waals surface area contributed by atoms with Gasteiger partial charge >= 0.3 is 0 Å². The number of nitrogens with one attached hydrogen (secondary N) is 1. The fraction of sp³-hybridized carbons (Fsp3) is 0.133. The third-order valence-corrected chi connectivity index (χ3v) is 3.36. The molecule has 0 aromatic heterocycles. The molecule has 0 fully saturated rings. The van der Waals surface area contributed by atoms with Crippen molar-refractivity contribution in [3.8, 4) is 0 Å². The van der Waals surface area contributed by atoms with Crippen LogP contribution in [0.15, 0.2) is 53.0 Å². The highest BCUT2D eigenvalue weighted by Gasteiger charge is 2.17. The van der Waals surface area contributed by atoms with Crippen LogP contribution in [0.4, 0.5) is 4.39 Å². The normalized spacial score (nSPS) is 11.9. The fourth-order valence-electron chi connectivity index (χ4n) is 1.83. The molecule has 2 N–H and O–H groups in total. The largest absolute Gasteiger partial charge is 0.394 e. The molecule has 0 saturated carbocycles. The predicted octanol–water partition coefficient (Wildman–Crippen LogP) is 3.05. The van der Waals surface area contributed by atoms with Crippen LogP contribution in [0.25, 0.3) is 0 Å². The average molecular weight is 338 g/mol. The third-order valence-electron chi connectivity index (χ3n) is 2.86. The minimum Gasteiger partial charge on any atom is -0.394 e. The zero-order chi connectivity index (χ0) is 14.5. The van der Waals surface area contributed by atoms with Crippen molar-refractivity contribution in [3.63, 3.8) is 0 Å². The second-order valence-corrected chi connectivity index (χ2v) is 5.16. The molecule has 0 aliphatic rings. The van der Waals surface area contributed by atoms with E-state index in [1.54, 1.807) is 12.1 Å². The predicted molar refractivity (Wildman–Crippen MR) is 77.8 cm³/mol. The van der Waals surface area contributed by atoms with Crippen LogP contribution >= 0.6 is 15.9 Å². The molecule has 2 aromatic rings. The lowest BCUT2D eigenvalue weighted by Crippen LogP contribution is -2.31. The lowest BCUT2D eigenvalue weighted by molar-refractivity contribution is 0.0912. The summed E-state index contributed by atoms with van der Waals surface area (Å²) in [5.74, 6) is -1.16. The van der Waals surface area contributed by atoms with Crippen LogP contribution in [0.3, 0.4) is 0 Å². The van der Waals surface area contributed by atoms with E-state index >= 15 is 0 Å². The van der Waals surface area contributed by atoms with Gasteiger partial charge in [-0.1, -0.05) is 46.3 Å². The topological polar surface area (TPSA) is 49.3 Å². The lowest BCUT2D eigenvalue weighted by atomic mass is 10.1. The Hall–Kier alpha value is -1.72. The van der Waals surface area contributed by atoms with Crippen molar-refractivity contribution in [2.45, 2.75) is 6.04 Å². The van der Waals surface area contributed by atoms with Gasteiger partial charge < -0.3 is 10.4 Å². The van der Waals surface area contributed by atoms with Gasteiger partial charge in [0.05, 0.1) is 18.2 Å². The number of hydrogen-bond donors (Lipinski definition) is 2. The molecule has 0 unspecified atom stereocenters. The van der Waals surface area contributed by atoms with E-state index in [2.05, 4.69) is 21.2 Å². The zero-order valence-corrected chi connectivity index (χ0v) is 12.1. The Kier molecular flexibility index (Phi) is 4.87. The maximum atomic E-state index is 13.6. The molecular formula is C15H13BrFNO2. The quantitative estimate of drug-likeness (QED) is 0.900. The van der Waals surface area contributed by atoms with Crippen molar-refractivity contribution < 1.29 is 14.3 Å². The number of aliphatic hydroxyl groups excluding tert-OH is 1. The molecule has 2 rings (SSSR count). The van der Waals surface area contributed by atoms with E-state index in [1.807, 2.05) is 18.2 Å². The van der Waals surface area contributed by atoms with E-state index in [9.17, 15) is 14.3 Å². The average Bonchev–Trinajstić information content (AvgIpc) is 2.48. The van der Waals surface area contributed by atoms with Gasteiger partial charge in [-0.05, 0) is 23.8 Å². The number of amides is 1. The number of halogens is 2. The smallest absolute Gasteiger partial charge is 0.254 e. The molecule has 5 heteroatoms. The summed E-state index contributed by atoms with van der Waals surface area (Å²) in [6, 6.07) is 12.6. The summed E-state index contributed by atoms with van der Waals surface area (Å²) in [6.07, 6.45) is 0. The molecule has 0 aliphatic heterocycles. The summed E-state index contributed by atoms with van der Waals surface area (Å²) in [4.78, 5) is 12.1. The second-order valence-electron chi connectivity index (χ2n) is 4.24. The van der Waals surface area contributed by atoms with Crippen LogP contribution in [-0.2, 0) is 0 Å². The van der Waals surface area contributed by atoms with Gasteiger partial charge in [0, 0.05) is 4.47 Å². The van der Waals surface area contributed by atoms with Gasteiger partial charge in [-0.25, -0.2) is 4.39 Å². The summed E-state index contributed by atoms with van der Waals surface area (Å²) in [7, 11) is 0. The van der Waals surface area contributed by atoms with Crippen molar-refractivity contribution in [1.29, 1.82) is 0 Å². The van der Waals surface area contributed by atoms with Gasteiger partial charge in [0.15, 0.2) is 0 Å². The highest BCUT2D eigenvalue weighted by Crippen LogP contribution is 2.17. The first-order chi connectivity index (χ1) is 9.61. The Morgan fingerprint density at radius 2 is 1.95 bits per heavy atom. The molecule has 1 atom stereocenters. The number of carbonyl (C=O) groups excluding carboxylic acids is 1. The molecule has 2 aromatic carbocycles. The van der Waals surface area contributed by atoms with Crippen LogP contribution in [0.5, 0.6) is 0 Å². The van der Waals surface area contributed by atoms with E-state index in [4.69, 9.17) is 0 Å². The van der Waals surface area contributed by atoms with E-state index in [0.717, 1.165) is 5.56 Å². The first-order valence-corrected chi connectivity index (χ1v) is 6.83. The number of rotatable bonds is 4. The third kappa shape index (κ3) is 3.43. The Morgan fingerprint density at radius 3 is 2.60 bits per heavy atom. The standard InChI is InChI=1S/C15H13BrFNO2/c16-11-6-7-13(17)12(8-11)15(20)18-14(9-19)10-4-2-1-3-5-10/h1-8,14,19H,9H2,(H,18,20)/t14-/m0/s1. The lowest BCUT2D eigenvalue weighted by Gasteiger charge is -2.17. The van der Waals surface area contributed by atoms with Crippen LogP contribution in [0, 0.1) is 5.82 Å². The van der Waals surface area contributed by atoms with E-state index in [1.165, 1.54) is 18.2 Å². The molecule has 104 valence electrons. The summed E-state index contributed by atoms with van der Waals surface area (Å²) in [6.45, 7) is -0.259. The maximum absolute atomic E-state index is 13.6. The number of carbonyl (C=O) groups is 1. The molecule has 3 nitrogen and oxygen atoms in total. The Labute approximate surface area is 124 Å². The van der Waals surface area contributed by atoms with Crippen LogP contribution < -0.4 is 5.32 Å². The minimum absolute atomic E-state index is 0.0613. The number of benzene rings is 2. The molecule has 0 saturated heterocycles. The molecule has 0 bridgehead atoms. The Morgan fingerprint density at radius 1 is 1.25 bits per heavy atom. The molecule has 20 heavy (non-hydrogen) atoms. The summed E-state index contributed by atoms with van der Waals surface area (Å²) >= 11 is 3.20. The van der Waals surface area contributed by atoms with Gasteiger partial charge in [-0.15, -0.1) is 0 Å². The van der Waals surface area contributed by atoms with Crippen LogP contribution in [0.1, 0.15) is 22.0 Å². The Balaban J connectivity index is 2.20. The van der Waals surface area contributed by atoms with E-state index < -0.39 is 17.8 Å². The summed E-state index contributed by atoms with van der Waals surface area (Å²) in [5, 5.41) is 12.0. The molecule has 0 radical (unpaired) electrons. The van der Waals surface area contributed by atoms with E-state index in [-0.39, 0.29) is 12.2 Å². The van der Waals surface area contributed by atoms with Crippen LogP contribution in [0.2, 0.25) is 0 Å². The SMILES string of the molecule is O=C(N[C@@H](CO)c1ccccc1)c1cc(Br)ccc1F. The molecule has 1 amide bonds. The first kappa shape index (κ1) is 14.7. The van der Waals surface area contributed by atoms with Crippen LogP contribution in [-0.4, -0.2) is 17.6 Å². The molecule has 0 spiro atoms. The van der Waals surface area contributed by atoms with Crippen molar-refractivity contribution >= 4 is 21.8 Å². The van der Waals surface area contributed by atoms with Gasteiger partial charge in [-0.3, -0.25) is 4.79 Å². The van der Waals surface area contributed by atoms with Gasteiger partial charge in [-0.2, -0.15) is 0 Å². The van der Waals surface area contributed by atoms with Crippen molar-refractivity contribution in [2.24, 2.45) is 0 Å². The summed E-state index contributed by atoms with van der Waals surface area (Å²) < 4.78 is 14.2. The highest BCUT2D eigenvalue weighted by atomic mass is 79.9. The molecule has 0 heterocycles. The first-order valence-electron chi connectivity index (χ1n) is 6.03. The van der Waals surface area contributed by atoms with E-state index in [0.29, 0.717) is 4.47 Å². The number of aliphatic hydroxyl groups is 1. The van der Waals surface area contributed by atoms with Gasteiger partial charge in [0.25, 0.3) is 5.91 Å². The zero-order valence-electron chi connectivity index (χ0n) is 10.5. The van der Waals surface area contributed by atoms with Crippen molar-refractivity contribution in [3.05, 3.63) is 69.9 Å². The van der Waals surface area contributed by atoms with Gasteiger partial charge in [0.1, 0.15) is 5.82 Å². The molecular weight excluding hydrogens is 325 g/mol. The monoisotopic (exact) mass is 337 g/mol. The highest BCUT2D eigenvalue weighted by molar-refractivity contribution is 9.10. The second kappa shape index (κ2) is 6.63. The minimum atomic E-state index is -0.601. The van der Waals surface area contributed by atoms with Gasteiger partial charge in [0.2, 0.25) is 0 Å². The number of hydrogen-bond acceptors (Lipinski definition) is 2. The Bertz CT molecular complexity index is 604. The molecule has 0 aliphatic carbocycles. The summed E-state index contributed by atoms with van der Waals surface area (Å²) in [5.41, 5.74) is 0.701. The van der Waals surface area contributed by atoms with Crippen molar-refractivity contribution in [1.82, 2.24) is 5.32 Å². The van der Waals surface area contributed by atoms with Crippen molar-refractivity contribution in [2.75, 3.05) is 6.61 Å². The maximum Gasteiger partial charge on any atom is 0.254 e.